The van der Waals surface area contributed by atoms with Crippen molar-refractivity contribution in [3.05, 3.63) is 34.4 Å². The molecular weight excluding hydrogens is 300 g/mol. The minimum atomic E-state index is -4.41. The topological polar surface area (TPSA) is 26.0 Å². The highest BCUT2D eigenvalue weighted by Gasteiger charge is 2.29. The molecule has 1 nitrogen and oxygen atoms in total. The van der Waals surface area contributed by atoms with Crippen LogP contribution in [0.3, 0.4) is 0 Å². The van der Waals surface area contributed by atoms with E-state index in [2.05, 4.69) is 0 Å². The molecule has 8 heteroatoms. The monoisotopic (exact) mass is 309 g/mol. The first-order chi connectivity index (χ1) is 7.72. The van der Waals surface area contributed by atoms with Crippen molar-refractivity contribution in [1.29, 1.82) is 0 Å². The Kier molecular flexibility index (Phi) is 6.33. The summed E-state index contributed by atoms with van der Waals surface area (Å²) in [6.07, 6.45) is -6.22. The molecule has 0 unspecified atom stereocenters. The Balaban J connectivity index is 0.00000289. The predicted octanol–water partition coefficient (Wildman–Crippen LogP) is 4.38. The van der Waals surface area contributed by atoms with E-state index in [4.69, 9.17) is 17.3 Å². The van der Waals surface area contributed by atoms with Crippen molar-refractivity contribution in [2.75, 3.05) is 0 Å². The van der Waals surface area contributed by atoms with Gasteiger partial charge < -0.3 is 5.73 Å². The number of rotatable bonds is 3. The highest BCUT2D eigenvalue weighted by atomic mass is 35.5. The summed E-state index contributed by atoms with van der Waals surface area (Å²) in [5.74, 6) is -2.11. The van der Waals surface area contributed by atoms with Crippen LogP contribution in [0.2, 0.25) is 5.02 Å². The van der Waals surface area contributed by atoms with Crippen LogP contribution in [-0.2, 0) is 0 Å². The summed E-state index contributed by atoms with van der Waals surface area (Å²) >= 11 is 5.40. The van der Waals surface area contributed by atoms with Crippen molar-refractivity contribution in [2.45, 2.75) is 25.1 Å². The molecule has 0 amide bonds. The molecule has 18 heavy (non-hydrogen) atoms. The average Bonchev–Trinajstić information content (AvgIpc) is 2.20. The second kappa shape index (κ2) is 6.54. The van der Waals surface area contributed by atoms with Crippen molar-refractivity contribution >= 4 is 24.0 Å². The molecule has 2 N–H and O–H groups in total. The lowest BCUT2D eigenvalue weighted by atomic mass is 10.0. The number of nitrogens with two attached hydrogens (primary N) is 1. The maximum Gasteiger partial charge on any atom is 0.389 e. The number of halogens is 7. The zero-order valence-corrected chi connectivity index (χ0v) is 10.5. The second-order valence-corrected chi connectivity index (χ2v) is 3.92. The number of hydrogen-bond donors (Lipinski definition) is 1. The molecule has 1 aromatic carbocycles. The molecule has 0 aliphatic heterocycles. The zero-order valence-electron chi connectivity index (χ0n) is 8.90. The van der Waals surface area contributed by atoms with E-state index in [9.17, 15) is 22.0 Å². The molecule has 104 valence electrons. The summed E-state index contributed by atoms with van der Waals surface area (Å²) in [6.45, 7) is 0. The summed E-state index contributed by atoms with van der Waals surface area (Å²) in [7, 11) is 0. The van der Waals surface area contributed by atoms with E-state index < -0.39 is 42.3 Å². The third-order valence-electron chi connectivity index (χ3n) is 2.19. The molecule has 0 saturated heterocycles. The maximum absolute atomic E-state index is 13.4. The molecule has 0 bridgehead atoms. The van der Waals surface area contributed by atoms with Crippen LogP contribution in [0.5, 0.6) is 0 Å². The van der Waals surface area contributed by atoms with E-state index >= 15 is 0 Å². The van der Waals surface area contributed by atoms with Gasteiger partial charge in [-0.25, -0.2) is 8.78 Å². The fraction of sp³-hybridized carbons (Fsp3) is 0.400. The van der Waals surface area contributed by atoms with E-state index in [-0.39, 0.29) is 17.4 Å². The predicted molar refractivity (Wildman–Crippen MR) is 60.8 cm³/mol. The maximum atomic E-state index is 13.4. The molecule has 0 spiro atoms. The molecule has 1 aromatic rings. The highest BCUT2D eigenvalue weighted by Crippen LogP contribution is 2.30. The summed E-state index contributed by atoms with van der Waals surface area (Å²) in [4.78, 5) is 0. The van der Waals surface area contributed by atoms with Crippen LogP contribution in [0.4, 0.5) is 22.0 Å². The van der Waals surface area contributed by atoms with Gasteiger partial charge >= 0.3 is 6.18 Å². The Morgan fingerprint density at radius 3 is 2.28 bits per heavy atom. The van der Waals surface area contributed by atoms with Crippen LogP contribution in [0.25, 0.3) is 0 Å². The summed E-state index contributed by atoms with van der Waals surface area (Å²) in [5, 5.41) is -0.371. The molecule has 1 rings (SSSR count). The van der Waals surface area contributed by atoms with Crippen molar-refractivity contribution in [3.8, 4) is 0 Å². The van der Waals surface area contributed by atoms with Gasteiger partial charge in [0.05, 0.1) is 5.02 Å². The van der Waals surface area contributed by atoms with Gasteiger partial charge in [-0.15, -0.1) is 12.4 Å². The lowest BCUT2D eigenvalue weighted by Crippen LogP contribution is -2.18. The highest BCUT2D eigenvalue weighted by molar-refractivity contribution is 6.30. The Labute approximate surface area is 112 Å². The lowest BCUT2D eigenvalue weighted by molar-refractivity contribution is -0.136. The number of hydrogen-bond acceptors (Lipinski definition) is 1. The van der Waals surface area contributed by atoms with E-state index in [1.165, 1.54) is 0 Å². The van der Waals surface area contributed by atoms with Crippen LogP contribution >= 0.6 is 24.0 Å². The van der Waals surface area contributed by atoms with Gasteiger partial charge in [0.15, 0.2) is 0 Å². The van der Waals surface area contributed by atoms with Crippen LogP contribution in [-0.4, -0.2) is 6.18 Å². The summed E-state index contributed by atoms with van der Waals surface area (Å²) < 4.78 is 62.5. The first kappa shape index (κ1) is 17.4. The summed E-state index contributed by atoms with van der Waals surface area (Å²) in [5.41, 5.74) is 4.72. The van der Waals surface area contributed by atoms with Crippen LogP contribution in [0.1, 0.15) is 24.4 Å². The largest absolute Gasteiger partial charge is 0.389 e. The van der Waals surface area contributed by atoms with Gasteiger partial charge in [-0.05, 0) is 18.6 Å². The SMILES string of the molecule is Cl.N[C@H](CCC(F)(F)F)c1c(F)ccc(Cl)c1F. The smallest absolute Gasteiger partial charge is 0.324 e. The number of benzene rings is 1. The van der Waals surface area contributed by atoms with Gasteiger partial charge in [0.2, 0.25) is 0 Å². The Bertz CT molecular complexity index is 408. The molecule has 0 fully saturated rings. The molecular formula is C10H10Cl2F5N. The second-order valence-electron chi connectivity index (χ2n) is 3.52. The Morgan fingerprint density at radius 2 is 1.78 bits per heavy atom. The quantitative estimate of drug-likeness (QED) is 0.650. The van der Waals surface area contributed by atoms with Crippen LogP contribution in [0.15, 0.2) is 12.1 Å². The lowest BCUT2D eigenvalue weighted by Gasteiger charge is -2.15. The van der Waals surface area contributed by atoms with Crippen LogP contribution < -0.4 is 5.73 Å². The minimum Gasteiger partial charge on any atom is -0.324 e. The van der Waals surface area contributed by atoms with Crippen molar-refractivity contribution < 1.29 is 22.0 Å². The molecule has 0 saturated carbocycles. The standard InChI is InChI=1S/C10H9ClF5N.ClH/c11-5-1-2-6(12)8(9(5)13)7(17)3-4-10(14,15)16;/h1-2,7H,3-4,17H2;1H/t7-;/m1./s1. The average molecular weight is 310 g/mol. The van der Waals surface area contributed by atoms with Crippen molar-refractivity contribution in [3.63, 3.8) is 0 Å². The zero-order chi connectivity index (χ0) is 13.2. The normalized spacial score (nSPS) is 13.1. The van der Waals surface area contributed by atoms with E-state index in [0.29, 0.717) is 0 Å². The fourth-order valence-corrected chi connectivity index (χ4v) is 1.51. The van der Waals surface area contributed by atoms with Gasteiger partial charge in [0.25, 0.3) is 0 Å². The van der Waals surface area contributed by atoms with E-state index in [1.807, 2.05) is 0 Å². The van der Waals surface area contributed by atoms with Gasteiger partial charge in [-0.2, -0.15) is 13.2 Å². The first-order valence-corrected chi connectivity index (χ1v) is 5.06. The molecule has 0 heterocycles. The molecule has 0 aromatic heterocycles. The summed E-state index contributed by atoms with van der Waals surface area (Å²) in [6, 6.07) is 0.468. The molecule has 1 atom stereocenters. The Hall–Kier alpha value is -0.590. The van der Waals surface area contributed by atoms with Crippen molar-refractivity contribution in [1.82, 2.24) is 0 Å². The van der Waals surface area contributed by atoms with E-state index in [0.717, 1.165) is 12.1 Å². The fourth-order valence-electron chi connectivity index (χ4n) is 1.35. The van der Waals surface area contributed by atoms with E-state index in [1.54, 1.807) is 0 Å². The third kappa shape index (κ3) is 4.59. The molecule has 0 radical (unpaired) electrons. The first-order valence-electron chi connectivity index (χ1n) is 4.68. The Morgan fingerprint density at radius 1 is 1.22 bits per heavy atom. The van der Waals surface area contributed by atoms with Crippen LogP contribution in [0, 0.1) is 11.6 Å². The molecule has 0 aliphatic carbocycles. The van der Waals surface area contributed by atoms with Gasteiger partial charge in [-0.1, -0.05) is 11.6 Å². The van der Waals surface area contributed by atoms with Gasteiger partial charge in [0, 0.05) is 18.0 Å². The minimum absolute atomic E-state index is 0. The van der Waals surface area contributed by atoms with Crippen molar-refractivity contribution in [2.24, 2.45) is 5.73 Å². The molecule has 0 aliphatic rings. The third-order valence-corrected chi connectivity index (χ3v) is 2.48. The number of alkyl halides is 3. The van der Waals surface area contributed by atoms with Gasteiger partial charge in [0.1, 0.15) is 11.6 Å². The van der Waals surface area contributed by atoms with Gasteiger partial charge in [-0.3, -0.25) is 0 Å².